The second-order valence-corrected chi connectivity index (χ2v) is 3.61. The van der Waals surface area contributed by atoms with Gasteiger partial charge in [0.15, 0.2) is 5.82 Å². The van der Waals surface area contributed by atoms with E-state index in [1.807, 2.05) is 0 Å². The van der Waals surface area contributed by atoms with Crippen molar-refractivity contribution in [3.63, 3.8) is 0 Å². The summed E-state index contributed by atoms with van der Waals surface area (Å²) in [6.07, 6.45) is 1.50. The van der Waals surface area contributed by atoms with Gasteiger partial charge in [-0.05, 0) is 30.7 Å². The van der Waals surface area contributed by atoms with Gasteiger partial charge >= 0.3 is 0 Å². The second-order valence-electron chi connectivity index (χ2n) is 3.61. The predicted molar refractivity (Wildman–Crippen MR) is 63.0 cm³/mol. The Balaban J connectivity index is 2.43. The van der Waals surface area contributed by atoms with Crippen LogP contribution in [0.25, 0.3) is 0 Å². The standard InChI is InChI=1S/C12H11F2N3/c1-7-4-5-8(13)11(10(7)14)17-9-3-2-6-16-12(9)15/h2-6,17H,1H3,(H2,15,16). The third-order valence-electron chi connectivity index (χ3n) is 2.38. The first-order valence-electron chi connectivity index (χ1n) is 5.01. The van der Waals surface area contributed by atoms with E-state index in [1.165, 1.54) is 18.3 Å². The molecule has 0 radical (unpaired) electrons. The minimum atomic E-state index is -0.670. The van der Waals surface area contributed by atoms with Crippen LogP contribution in [-0.2, 0) is 0 Å². The summed E-state index contributed by atoms with van der Waals surface area (Å²) in [5.41, 5.74) is 6.10. The maximum absolute atomic E-state index is 13.7. The summed E-state index contributed by atoms with van der Waals surface area (Å²) in [7, 11) is 0. The van der Waals surface area contributed by atoms with E-state index in [0.717, 1.165) is 0 Å². The average Bonchev–Trinajstić information content (AvgIpc) is 2.32. The number of halogens is 2. The van der Waals surface area contributed by atoms with Crippen molar-refractivity contribution in [1.29, 1.82) is 0 Å². The average molecular weight is 235 g/mol. The highest BCUT2D eigenvalue weighted by atomic mass is 19.1. The van der Waals surface area contributed by atoms with Gasteiger partial charge in [-0.2, -0.15) is 0 Å². The molecule has 1 heterocycles. The van der Waals surface area contributed by atoms with Crippen LogP contribution in [0.3, 0.4) is 0 Å². The maximum atomic E-state index is 13.7. The lowest BCUT2D eigenvalue weighted by atomic mass is 10.2. The number of nitrogen functional groups attached to an aromatic ring is 1. The number of hydrogen-bond donors (Lipinski definition) is 2. The first-order chi connectivity index (χ1) is 8.09. The van der Waals surface area contributed by atoms with Crippen LogP contribution in [0.15, 0.2) is 30.5 Å². The molecule has 17 heavy (non-hydrogen) atoms. The maximum Gasteiger partial charge on any atom is 0.152 e. The Hall–Kier alpha value is -2.17. The van der Waals surface area contributed by atoms with Crippen LogP contribution < -0.4 is 11.1 Å². The molecule has 0 fully saturated rings. The molecule has 0 saturated heterocycles. The molecule has 1 aromatic carbocycles. The van der Waals surface area contributed by atoms with Crippen LogP contribution in [0.5, 0.6) is 0 Å². The highest BCUT2D eigenvalue weighted by molar-refractivity contribution is 5.70. The van der Waals surface area contributed by atoms with Gasteiger partial charge in [-0.1, -0.05) is 6.07 Å². The summed E-state index contributed by atoms with van der Waals surface area (Å²) in [5, 5.41) is 2.61. The minimum absolute atomic E-state index is 0.188. The number of nitrogens with two attached hydrogens (primary N) is 1. The van der Waals surface area contributed by atoms with Crippen molar-refractivity contribution in [3.05, 3.63) is 47.7 Å². The van der Waals surface area contributed by atoms with Gasteiger partial charge < -0.3 is 11.1 Å². The Morgan fingerprint density at radius 3 is 2.71 bits per heavy atom. The van der Waals surface area contributed by atoms with Gasteiger partial charge in [0.2, 0.25) is 0 Å². The highest BCUT2D eigenvalue weighted by Gasteiger charge is 2.12. The molecule has 0 atom stereocenters. The molecule has 0 spiro atoms. The largest absolute Gasteiger partial charge is 0.382 e. The molecule has 0 bridgehead atoms. The topological polar surface area (TPSA) is 50.9 Å². The molecule has 0 amide bonds. The molecule has 3 nitrogen and oxygen atoms in total. The van der Waals surface area contributed by atoms with Crippen molar-refractivity contribution in [1.82, 2.24) is 4.98 Å². The van der Waals surface area contributed by atoms with Crippen molar-refractivity contribution in [2.24, 2.45) is 0 Å². The Morgan fingerprint density at radius 2 is 2.00 bits per heavy atom. The van der Waals surface area contributed by atoms with E-state index in [0.29, 0.717) is 11.3 Å². The second kappa shape index (κ2) is 4.37. The molecule has 0 saturated carbocycles. The first-order valence-corrected chi connectivity index (χ1v) is 5.01. The molecule has 1 aromatic heterocycles. The normalized spacial score (nSPS) is 10.3. The number of hydrogen-bond acceptors (Lipinski definition) is 3. The van der Waals surface area contributed by atoms with E-state index in [1.54, 1.807) is 19.1 Å². The smallest absolute Gasteiger partial charge is 0.152 e. The number of nitrogens with one attached hydrogen (secondary N) is 1. The Bertz CT molecular complexity index is 555. The van der Waals surface area contributed by atoms with Crippen LogP contribution >= 0.6 is 0 Å². The molecule has 88 valence electrons. The molecule has 2 rings (SSSR count). The van der Waals surface area contributed by atoms with Gasteiger partial charge in [0.25, 0.3) is 0 Å². The number of benzene rings is 1. The van der Waals surface area contributed by atoms with Gasteiger partial charge in [-0.25, -0.2) is 13.8 Å². The third kappa shape index (κ3) is 2.18. The SMILES string of the molecule is Cc1ccc(F)c(Nc2cccnc2N)c1F. The van der Waals surface area contributed by atoms with Crippen LogP contribution in [0.1, 0.15) is 5.56 Å². The van der Waals surface area contributed by atoms with Crippen LogP contribution in [-0.4, -0.2) is 4.98 Å². The monoisotopic (exact) mass is 235 g/mol. The lowest BCUT2D eigenvalue weighted by Crippen LogP contribution is -2.02. The van der Waals surface area contributed by atoms with Gasteiger partial charge in [-0.3, -0.25) is 0 Å². The van der Waals surface area contributed by atoms with Crippen LogP contribution in [0.4, 0.5) is 26.0 Å². The van der Waals surface area contributed by atoms with Gasteiger partial charge in [-0.15, -0.1) is 0 Å². The zero-order chi connectivity index (χ0) is 12.4. The van der Waals surface area contributed by atoms with E-state index in [-0.39, 0.29) is 11.5 Å². The molecular formula is C12H11F2N3. The molecule has 0 aliphatic rings. The van der Waals surface area contributed by atoms with E-state index in [2.05, 4.69) is 10.3 Å². The number of pyridine rings is 1. The number of anilines is 3. The molecular weight excluding hydrogens is 224 g/mol. The number of rotatable bonds is 2. The molecule has 0 aliphatic heterocycles. The summed E-state index contributed by atoms with van der Waals surface area (Å²) in [4.78, 5) is 3.83. The van der Waals surface area contributed by atoms with E-state index < -0.39 is 11.6 Å². The van der Waals surface area contributed by atoms with Crippen molar-refractivity contribution in [2.45, 2.75) is 6.92 Å². The molecule has 3 N–H and O–H groups in total. The third-order valence-corrected chi connectivity index (χ3v) is 2.38. The molecule has 0 aliphatic carbocycles. The quantitative estimate of drug-likeness (QED) is 0.841. The number of aromatic nitrogens is 1. The first kappa shape index (κ1) is 11.3. The van der Waals surface area contributed by atoms with E-state index in [4.69, 9.17) is 5.73 Å². The van der Waals surface area contributed by atoms with Gasteiger partial charge in [0.1, 0.15) is 17.3 Å². The minimum Gasteiger partial charge on any atom is -0.382 e. The van der Waals surface area contributed by atoms with E-state index in [9.17, 15) is 8.78 Å². The van der Waals surface area contributed by atoms with Crippen molar-refractivity contribution in [3.8, 4) is 0 Å². The van der Waals surface area contributed by atoms with Gasteiger partial charge in [0, 0.05) is 6.20 Å². The fourth-order valence-electron chi connectivity index (χ4n) is 1.43. The molecule has 2 aromatic rings. The Labute approximate surface area is 97.3 Å². The lowest BCUT2D eigenvalue weighted by molar-refractivity contribution is 0.585. The summed E-state index contributed by atoms with van der Waals surface area (Å²) in [6, 6.07) is 5.81. The zero-order valence-electron chi connectivity index (χ0n) is 9.17. The van der Waals surface area contributed by atoms with Gasteiger partial charge in [0.05, 0.1) is 5.69 Å². The van der Waals surface area contributed by atoms with Crippen LogP contribution in [0, 0.1) is 18.6 Å². The summed E-state index contributed by atoms with van der Waals surface area (Å²) < 4.78 is 27.2. The van der Waals surface area contributed by atoms with Crippen molar-refractivity contribution >= 4 is 17.2 Å². The summed E-state index contributed by atoms with van der Waals surface area (Å²) in [5.74, 6) is -1.11. The summed E-state index contributed by atoms with van der Waals surface area (Å²) in [6.45, 7) is 1.56. The van der Waals surface area contributed by atoms with E-state index >= 15 is 0 Å². The fourth-order valence-corrected chi connectivity index (χ4v) is 1.43. The highest BCUT2D eigenvalue weighted by Crippen LogP contribution is 2.27. The number of nitrogens with zero attached hydrogens (tertiary/aromatic N) is 1. The summed E-state index contributed by atoms with van der Waals surface area (Å²) >= 11 is 0. The number of aryl methyl sites for hydroxylation is 1. The molecule has 0 unspecified atom stereocenters. The van der Waals surface area contributed by atoms with Crippen molar-refractivity contribution < 1.29 is 8.78 Å². The zero-order valence-corrected chi connectivity index (χ0v) is 9.17. The predicted octanol–water partition coefficient (Wildman–Crippen LogP) is 2.99. The molecule has 5 heteroatoms. The lowest BCUT2D eigenvalue weighted by Gasteiger charge is -2.11. The Morgan fingerprint density at radius 1 is 1.24 bits per heavy atom. The Kier molecular flexibility index (Phi) is 2.91. The fraction of sp³-hybridized carbons (Fsp3) is 0.0833. The van der Waals surface area contributed by atoms with Crippen LogP contribution in [0.2, 0.25) is 0 Å². The van der Waals surface area contributed by atoms with Crippen molar-refractivity contribution in [2.75, 3.05) is 11.1 Å².